The van der Waals surface area contributed by atoms with Crippen LogP contribution >= 0.6 is 0 Å². The number of nitrogens with one attached hydrogen (secondary N) is 1. The first-order valence-electron chi connectivity index (χ1n) is 9.74. The molecule has 0 bridgehead atoms. The summed E-state index contributed by atoms with van der Waals surface area (Å²) >= 11 is 0. The molecule has 0 aliphatic heterocycles. The number of amides is 1. The molecule has 8 nitrogen and oxygen atoms in total. The standard InChI is InChI=1S/C22H29NO7S/c1-16(18-7-10-20(21(15-18)29-4)30-12-11-27-2)23-22(24)17-5-8-19(9-6-17)31(25,26)14-13-28-3/h5-10,15-16H,11-14H2,1-4H3,(H,23,24). The summed E-state index contributed by atoms with van der Waals surface area (Å²) < 4.78 is 45.2. The Morgan fingerprint density at radius 1 is 0.935 bits per heavy atom. The van der Waals surface area contributed by atoms with E-state index in [4.69, 9.17) is 18.9 Å². The van der Waals surface area contributed by atoms with E-state index in [0.29, 0.717) is 30.3 Å². The van der Waals surface area contributed by atoms with Crippen LogP contribution in [0.25, 0.3) is 0 Å². The number of benzene rings is 2. The number of sulfone groups is 1. The van der Waals surface area contributed by atoms with Crippen molar-refractivity contribution in [2.24, 2.45) is 0 Å². The highest BCUT2D eigenvalue weighted by molar-refractivity contribution is 7.91. The molecule has 0 fully saturated rings. The van der Waals surface area contributed by atoms with Crippen LogP contribution in [0, 0.1) is 0 Å². The summed E-state index contributed by atoms with van der Waals surface area (Å²) in [6.45, 7) is 2.82. The molecule has 0 heterocycles. The molecule has 1 unspecified atom stereocenters. The predicted octanol–water partition coefficient (Wildman–Crippen LogP) is 2.63. The lowest BCUT2D eigenvalue weighted by Crippen LogP contribution is -2.26. The first-order chi connectivity index (χ1) is 14.8. The molecular weight excluding hydrogens is 422 g/mol. The van der Waals surface area contributed by atoms with Gasteiger partial charge in [0.15, 0.2) is 21.3 Å². The molecule has 2 aromatic carbocycles. The summed E-state index contributed by atoms with van der Waals surface area (Å²) in [5.74, 6) is 0.721. The fourth-order valence-electron chi connectivity index (χ4n) is 2.80. The van der Waals surface area contributed by atoms with Crippen molar-refractivity contribution in [2.75, 3.05) is 46.9 Å². The molecule has 0 saturated carbocycles. The largest absolute Gasteiger partial charge is 0.493 e. The van der Waals surface area contributed by atoms with Crippen molar-refractivity contribution < 1.29 is 32.2 Å². The predicted molar refractivity (Wildman–Crippen MR) is 117 cm³/mol. The Hall–Kier alpha value is -2.62. The normalized spacial score (nSPS) is 12.3. The molecule has 0 radical (unpaired) electrons. The lowest BCUT2D eigenvalue weighted by atomic mass is 10.1. The van der Waals surface area contributed by atoms with Crippen LogP contribution in [0.1, 0.15) is 28.9 Å². The van der Waals surface area contributed by atoms with E-state index in [1.54, 1.807) is 26.4 Å². The van der Waals surface area contributed by atoms with Gasteiger partial charge in [-0.05, 0) is 48.9 Å². The van der Waals surface area contributed by atoms with Crippen LogP contribution in [0.2, 0.25) is 0 Å². The fourth-order valence-corrected chi connectivity index (χ4v) is 3.97. The fraction of sp³-hybridized carbons (Fsp3) is 0.409. The van der Waals surface area contributed by atoms with Gasteiger partial charge in [-0.3, -0.25) is 4.79 Å². The van der Waals surface area contributed by atoms with Crippen molar-refractivity contribution in [2.45, 2.75) is 17.9 Å². The van der Waals surface area contributed by atoms with Gasteiger partial charge in [0, 0.05) is 19.8 Å². The average molecular weight is 452 g/mol. The summed E-state index contributed by atoms with van der Waals surface area (Å²) in [5, 5.41) is 2.90. The second-order valence-electron chi connectivity index (χ2n) is 6.78. The highest BCUT2D eigenvalue weighted by Gasteiger charge is 2.17. The number of carbonyl (C=O) groups is 1. The van der Waals surface area contributed by atoms with Gasteiger partial charge in [-0.25, -0.2) is 8.42 Å². The van der Waals surface area contributed by atoms with Crippen molar-refractivity contribution in [3.05, 3.63) is 53.6 Å². The third kappa shape index (κ3) is 6.95. The zero-order valence-electron chi connectivity index (χ0n) is 18.2. The third-order valence-corrected chi connectivity index (χ3v) is 6.31. The molecule has 0 aromatic heterocycles. The Kier molecular flexibility index (Phi) is 9.29. The van der Waals surface area contributed by atoms with E-state index < -0.39 is 9.84 Å². The number of hydrogen-bond acceptors (Lipinski definition) is 7. The minimum Gasteiger partial charge on any atom is -0.493 e. The van der Waals surface area contributed by atoms with E-state index in [1.165, 1.54) is 31.4 Å². The molecule has 170 valence electrons. The Morgan fingerprint density at radius 2 is 1.61 bits per heavy atom. The van der Waals surface area contributed by atoms with Crippen LogP contribution in [0.3, 0.4) is 0 Å². The van der Waals surface area contributed by atoms with E-state index in [1.807, 2.05) is 13.0 Å². The van der Waals surface area contributed by atoms with Gasteiger partial charge in [-0.2, -0.15) is 0 Å². The number of ether oxygens (including phenoxy) is 4. The Morgan fingerprint density at radius 3 is 2.23 bits per heavy atom. The van der Waals surface area contributed by atoms with Crippen molar-refractivity contribution in [1.29, 1.82) is 0 Å². The van der Waals surface area contributed by atoms with Gasteiger partial charge in [-0.15, -0.1) is 0 Å². The quantitative estimate of drug-likeness (QED) is 0.495. The van der Waals surface area contributed by atoms with Gasteiger partial charge >= 0.3 is 0 Å². The lowest BCUT2D eigenvalue weighted by Gasteiger charge is -2.17. The third-order valence-electron chi connectivity index (χ3n) is 4.61. The average Bonchev–Trinajstić information content (AvgIpc) is 2.78. The van der Waals surface area contributed by atoms with Gasteiger partial charge in [-0.1, -0.05) is 6.07 Å². The molecule has 0 aliphatic carbocycles. The summed E-state index contributed by atoms with van der Waals surface area (Å²) in [6, 6.07) is 11.0. The van der Waals surface area contributed by atoms with Crippen LogP contribution < -0.4 is 14.8 Å². The number of rotatable bonds is 12. The maximum atomic E-state index is 12.6. The van der Waals surface area contributed by atoms with Gasteiger partial charge < -0.3 is 24.3 Å². The molecule has 1 amide bonds. The molecule has 0 spiro atoms. The van der Waals surface area contributed by atoms with Crippen molar-refractivity contribution in [3.63, 3.8) is 0 Å². The number of carbonyl (C=O) groups excluding carboxylic acids is 1. The maximum absolute atomic E-state index is 12.6. The Bertz CT molecular complexity index is 958. The second-order valence-corrected chi connectivity index (χ2v) is 8.89. The second kappa shape index (κ2) is 11.7. The maximum Gasteiger partial charge on any atom is 0.251 e. The summed E-state index contributed by atoms with van der Waals surface area (Å²) in [4.78, 5) is 12.8. The van der Waals surface area contributed by atoms with Crippen molar-refractivity contribution >= 4 is 15.7 Å². The van der Waals surface area contributed by atoms with Gasteiger partial charge in [0.05, 0.1) is 37.0 Å². The minimum absolute atomic E-state index is 0.112. The van der Waals surface area contributed by atoms with Crippen molar-refractivity contribution in [3.8, 4) is 11.5 Å². The molecule has 31 heavy (non-hydrogen) atoms. The molecule has 2 rings (SSSR count). The first kappa shape index (κ1) is 24.6. The van der Waals surface area contributed by atoms with Crippen LogP contribution in [0.15, 0.2) is 47.4 Å². The molecule has 1 N–H and O–H groups in total. The van der Waals surface area contributed by atoms with Gasteiger partial charge in [0.2, 0.25) is 0 Å². The topological polar surface area (TPSA) is 100 Å². The van der Waals surface area contributed by atoms with E-state index in [-0.39, 0.29) is 29.2 Å². The van der Waals surface area contributed by atoms with E-state index in [2.05, 4.69) is 5.32 Å². The monoisotopic (exact) mass is 451 g/mol. The molecule has 9 heteroatoms. The lowest BCUT2D eigenvalue weighted by molar-refractivity contribution is 0.0939. The highest BCUT2D eigenvalue weighted by Crippen LogP contribution is 2.30. The van der Waals surface area contributed by atoms with Crippen LogP contribution in [0.5, 0.6) is 11.5 Å². The molecule has 0 aliphatic rings. The smallest absolute Gasteiger partial charge is 0.251 e. The van der Waals surface area contributed by atoms with E-state index in [9.17, 15) is 13.2 Å². The molecule has 0 saturated heterocycles. The van der Waals surface area contributed by atoms with Crippen LogP contribution in [-0.4, -0.2) is 61.2 Å². The minimum atomic E-state index is -3.44. The molecule has 1 atom stereocenters. The summed E-state index contributed by atoms with van der Waals surface area (Å²) in [6.07, 6.45) is 0. The van der Waals surface area contributed by atoms with Crippen molar-refractivity contribution in [1.82, 2.24) is 5.32 Å². The zero-order chi connectivity index (χ0) is 22.9. The molecular formula is C22H29NO7S. The number of hydrogen-bond donors (Lipinski definition) is 1. The van der Waals surface area contributed by atoms with Crippen LogP contribution in [-0.2, 0) is 19.3 Å². The number of methoxy groups -OCH3 is 3. The van der Waals surface area contributed by atoms with Crippen LogP contribution in [0.4, 0.5) is 0 Å². The van der Waals surface area contributed by atoms with Gasteiger partial charge in [0.1, 0.15) is 6.61 Å². The van der Waals surface area contributed by atoms with Gasteiger partial charge in [0.25, 0.3) is 5.91 Å². The zero-order valence-corrected chi connectivity index (χ0v) is 19.0. The summed E-state index contributed by atoms with van der Waals surface area (Å²) in [7, 11) is 1.15. The highest BCUT2D eigenvalue weighted by atomic mass is 32.2. The molecule has 2 aromatic rings. The Balaban J connectivity index is 2.06. The Labute approximate surface area is 183 Å². The SMILES string of the molecule is COCCOc1ccc(C(C)NC(=O)c2ccc(S(=O)(=O)CCOC)cc2)cc1OC. The van der Waals surface area contributed by atoms with E-state index >= 15 is 0 Å². The summed E-state index contributed by atoms with van der Waals surface area (Å²) in [5.41, 5.74) is 1.20. The first-order valence-corrected chi connectivity index (χ1v) is 11.4. The van der Waals surface area contributed by atoms with E-state index in [0.717, 1.165) is 5.56 Å².